The van der Waals surface area contributed by atoms with Gasteiger partial charge in [-0.05, 0) is 83.0 Å². The van der Waals surface area contributed by atoms with Gasteiger partial charge in [-0.3, -0.25) is 9.97 Å². The number of hydrogen-bond donors (Lipinski definition) is 0. The van der Waals surface area contributed by atoms with E-state index in [0.717, 1.165) is 56.8 Å². The van der Waals surface area contributed by atoms with E-state index in [2.05, 4.69) is 124 Å². The van der Waals surface area contributed by atoms with Gasteiger partial charge in [0.1, 0.15) is 37.4 Å². The molecular formula is C56H66N4O2+2. The summed E-state index contributed by atoms with van der Waals surface area (Å²) in [5, 5.41) is 5.10. The lowest BCUT2D eigenvalue weighted by molar-refractivity contribution is -0.986. The predicted octanol–water partition coefficient (Wildman–Crippen LogP) is 12.1. The molecule has 6 aliphatic rings. The molecule has 4 bridgehead atoms. The summed E-state index contributed by atoms with van der Waals surface area (Å²) in [6, 6.07) is 37.1. The number of fused-ring (bicyclic) bond motifs is 9. The second-order valence-corrected chi connectivity index (χ2v) is 19.5. The molecule has 2 unspecified atom stereocenters. The number of benzene rings is 4. The van der Waals surface area contributed by atoms with Gasteiger partial charge in [0.25, 0.3) is 0 Å². The fourth-order valence-corrected chi connectivity index (χ4v) is 13.5. The summed E-state index contributed by atoms with van der Waals surface area (Å²) in [6.07, 6.45) is 15.2. The lowest BCUT2D eigenvalue weighted by atomic mass is 9.70. The Bertz CT molecular complexity index is 2390. The van der Waals surface area contributed by atoms with Crippen LogP contribution in [0.25, 0.3) is 32.6 Å². The molecule has 0 spiro atoms. The Balaban J connectivity index is 0.995. The standard InChI is InChI=1S/C56H66N4O2/c1-5-29-61-55(49-21-25-57-51-15-11-9-13-47(49)51)53-33-44-23-27-59(53,37-41(44)7-3)35-39-17-19-43-20-18-40(32-46(43)31-39)36-60-28-24-45(42(8-4)38-60)34-54(60)56(62-30-6-2)50-22-26-58-52-16-12-10-14-48(50)52/h5-6,9-22,25-26,31-32,41-42,44-45,53-56H,1-2,7-8,23-24,27-30,33-38H2,3-4H3/q+2/t41-,42-,44-,45-,53-,54-,55+,56+,59?,60?/m0/s1. The van der Waals surface area contributed by atoms with Crippen LogP contribution in [0.3, 0.4) is 0 Å². The van der Waals surface area contributed by atoms with Crippen LogP contribution in [0, 0.1) is 23.7 Å². The van der Waals surface area contributed by atoms with Crippen LogP contribution in [-0.4, -0.2) is 70.4 Å². The lowest BCUT2D eigenvalue weighted by Gasteiger charge is -2.59. The second kappa shape index (κ2) is 17.4. The minimum atomic E-state index is -0.0273. The third-order valence-corrected chi connectivity index (χ3v) is 16.4. The molecule has 12 rings (SSSR count). The van der Waals surface area contributed by atoms with Crippen LogP contribution in [0.15, 0.2) is 135 Å². The number of pyridine rings is 2. The van der Waals surface area contributed by atoms with Gasteiger partial charge in [-0.2, -0.15) is 0 Å². The number of aromatic nitrogens is 2. The van der Waals surface area contributed by atoms with Crippen LogP contribution in [0.4, 0.5) is 0 Å². The Hall–Kier alpha value is -4.72. The molecule has 0 radical (unpaired) electrons. The van der Waals surface area contributed by atoms with Gasteiger partial charge in [-0.1, -0.05) is 86.7 Å². The van der Waals surface area contributed by atoms with Gasteiger partial charge >= 0.3 is 0 Å². The molecule has 6 fully saturated rings. The molecule has 6 aromatic rings. The second-order valence-electron chi connectivity index (χ2n) is 19.5. The summed E-state index contributed by atoms with van der Waals surface area (Å²) in [7, 11) is 0. The molecule has 8 heterocycles. The van der Waals surface area contributed by atoms with Crippen LogP contribution < -0.4 is 0 Å². The fourth-order valence-electron chi connectivity index (χ4n) is 13.5. The fraction of sp³-hybridized carbons (Fsp3) is 0.429. The zero-order valence-corrected chi connectivity index (χ0v) is 37.1. The van der Waals surface area contributed by atoms with E-state index >= 15 is 0 Å². The quantitative estimate of drug-likeness (QED) is 0.0720. The van der Waals surface area contributed by atoms with Crippen LogP contribution in [0.5, 0.6) is 0 Å². The van der Waals surface area contributed by atoms with E-state index in [1.54, 1.807) is 0 Å². The van der Waals surface area contributed by atoms with Crippen molar-refractivity contribution < 1.29 is 18.4 Å². The first-order valence-corrected chi connectivity index (χ1v) is 23.8. The number of para-hydroxylation sites is 2. The molecule has 2 aromatic heterocycles. The molecular weight excluding hydrogens is 761 g/mol. The molecule has 6 saturated heterocycles. The Morgan fingerprint density at radius 3 is 1.53 bits per heavy atom. The Morgan fingerprint density at radius 2 is 1.08 bits per heavy atom. The van der Waals surface area contributed by atoms with Crippen molar-refractivity contribution >= 4 is 32.6 Å². The summed E-state index contributed by atoms with van der Waals surface area (Å²) in [5.74, 6) is 2.98. The van der Waals surface area contributed by atoms with Gasteiger partial charge in [-0.15, -0.1) is 13.2 Å². The highest BCUT2D eigenvalue weighted by atomic mass is 16.5. The molecule has 62 heavy (non-hydrogen) atoms. The number of rotatable bonds is 16. The Morgan fingerprint density at radius 1 is 0.613 bits per heavy atom. The van der Waals surface area contributed by atoms with Crippen molar-refractivity contribution in [2.24, 2.45) is 23.7 Å². The van der Waals surface area contributed by atoms with E-state index in [4.69, 9.17) is 19.4 Å². The predicted molar refractivity (Wildman–Crippen MR) is 253 cm³/mol. The van der Waals surface area contributed by atoms with E-state index < -0.39 is 0 Å². The summed E-state index contributed by atoms with van der Waals surface area (Å²) < 4.78 is 16.0. The van der Waals surface area contributed by atoms with Gasteiger partial charge < -0.3 is 18.4 Å². The van der Waals surface area contributed by atoms with Gasteiger partial charge in [0.15, 0.2) is 0 Å². The molecule has 0 saturated carbocycles. The van der Waals surface area contributed by atoms with Gasteiger partial charge in [0, 0.05) is 71.8 Å². The summed E-state index contributed by atoms with van der Waals surface area (Å²) >= 11 is 0. The molecule has 0 N–H and O–H groups in total. The minimum absolute atomic E-state index is 0.0273. The average molecular weight is 827 g/mol. The molecule has 0 aliphatic carbocycles. The number of ether oxygens (including phenoxy) is 2. The van der Waals surface area contributed by atoms with Gasteiger partial charge in [0.05, 0.1) is 50.4 Å². The Labute approximate surface area is 369 Å². The van der Waals surface area contributed by atoms with Gasteiger partial charge in [-0.25, -0.2) is 0 Å². The van der Waals surface area contributed by atoms with E-state index in [1.165, 1.54) is 109 Å². The first-order chi connectivity index (χ1) is 30.4. The maximum Gasteiger partial charge on any atom is 0.135 e. The van der Waals surface area contributed by atoms with Gasteiger partial charge in [0.2, 0.25) is 0 Å². The van der Waals surface area contributed by atoms with Crippen molar-refractivity contribution in [2.45, 2.75) is 89.8 Å². The number of piperidine rings is 6. The normalized spacial score (nSPS) is 28.9. The van der Waals surface area contributed by atoms with Crippen molar-refractivity contribution in [3.05, 3.63) is 157 Å². The molecule has 0 amide bonds. The van der Waals surface area contributed by atoms with E-state index in [0.29, 0.717) is 25.3 Å². The molecule has 6 nitrogen and oxygen atoms in total. The lowest BCUT2D eigenvalue weighted by Crippen LogP contribution is -2.68. The largest absolute Gasteiger partial charge is 0.363 e. The zero-order valence-electron chi connectivity index (χ0n) is 37.1. The summed E-state index contributed by atoms with van der Waals surface area (Å²) in [4.78, 5) is 9.51. The van der Waals surface area contributed by atoms with Crippen molar-refractivity contribution in [3.63, 3.8) is 0 Å². The third kappa shape index (κ3) is 7.51. The van der Waals surface area contributed by atoms with Crippen LogP contribution >= 0.6 is 0 Å². The molecule has 6 heteroatoms. The maximum atomic E-state index is 6.92. The van der Waals surface area contributed by atoms with E-state index in [-0.39, 0.29) is 12.2 Å². The van der Waals surface area contributed by atoms with Crippen LogP contribution in [0.2, 0.25) is 0 Å². The highest BCUT2D eigenvalue weighted by Gasteiger charge is 2.56. The van der Waals surface area contributed by atoms with Crippen molar-refractivity contribution in [2.75, 3.05) is 39.4 Å². The first kappa shape index (κ1) is 41.3. The van der Waals surface area contributed by atoms with Crippen LogP contribution in [0.1, 0.15) is 86.8 Å². The Kier molecular flexibility index (Phi) is 11.6. The molecule has 320 valence electrons. The number of quaternary nitrogens is 2. The van der Waals surface area contributed by atoms with Crippen molar-refractivity contribution in [1.29, 1.82) is 0 Å². The highest BCUT2D eigenvalue weighted by molar-refractivity contribution is 5.84. The SMILES string of the molecule is C=CCO[C@H](c1ccnc2ccccc12)[C@@H]1C[C@@H]2CC[N+]1(Cc1ccc3ccc(C[N+]45CC[C@@H](C[C@H]4[C@H](OCC=C)c4ccnc6ccccc46)[C@@H](CC)C5)cc3c1)C[C@@H]2CC. The van der Waals surface area contributed by atoms with Crippen LogP contribution in [-0.2, 0) is 22.6 Å². The number of nitrogens with zero attached hydrogens (tertiary/aromatic N) is 4. The molecule has 6 aliphatic heterocycles. The van der Waals surface area contributed by atoms with Crippen molar-refractivity contribution in [3.8, 4) is 0 Å². The van der Waals surface area contributed by atoms with E-state index in [9.17, 15) is 0 Å². The average Bonchev–Trinajstić information content (AvgIpc) is 3.32. The molecule has 10 atom stereocenters. The zero-order chi connectivity index (χ0) is 42.3. The number of hydrogen-bond acceptors (Lipinski definition) is 4. The van der Waals surface area contributed by atoms with Crippen molar-refractivity contribution in [1.82, 2.24) is 9.97 Å². The third-order valence-electron chi connectivity index (χ3n) is 16.4. The highest BCUT2D eigenvalue weighted by Crippen LogP contribution is 2.51. The molecule has 4 aromatic carbocycles. The maximum absolute atomic E-state index is 6.92. The smallest absolute Gasteiger partial charge is 0.135 e. The summed E-state index contributed by atoms with van der Waals surface area (Å²) in [5.41, 5.74) is 7.51. The van der Waals surface area contributed by atoms with E-state index in [1.807, 2.05) is 24.5 Å². The first-order valence-electron chi connectivity index (χ1n) is 23.8. The summed E-state index contributed by atoms with van der Waals surface area (Å²) in [6.45, 7) is 20.9. The monoisotopic (exact) mass is 827 g/mol. The minimum Gasteiger partial charge on any atom is -0.363 e. The topological polar surface area (TPSA) is 44.2 Å².